The molecule has 0 spiro atoms. The van der Waals surface area contributed by atoms with Gasteiger partial charge < -0.3 is 9.15 Å². The summed E-state index contributed by atoms with van der Waals surface area (Å²) in [7, 11) is 0. The van der Waals surface area contributed by atoms with Crippen molar-refractivity contribution in [3.05, 3.63) is 35.1 Å². The van der Waals surface area contributed by atoms with Crippen molar-refractivity contribution in [2.24, 2.45) is 0 Å². The van der Waals surface area contributed by atoms with Gasteiger partial charge in [-0.3, -0.25) is 0 Å². The van der Waals surface area contributed by atoms with Crippen molar-refractivity contribution < 1.29 is 13.9 Å². The van der Waals surface area contributed by atoms with E-state index in [1.165, 1.54) is 0 Å². The lowest BCUT2D eigenvalue weighted by molar-refractivity contribution is 0.0491. The van der Waals surface area contributed by atoms with Crippen LogP contribution in [0.4, 0.5) is 0 Å². The molecule has 0 saturated heterocycles. The number of hydrogen-bond donors (Lipinski definition) is 0. The standard InChI is InChI=1S/C13H14O3/c1-4-15-13(14)12-9(3)10-7-8(2)5-6-11(10)16-12/h5-7H,4H2,1-3H3. The minimum atomic E-state index is -0.395. The Balaban J connectivity index is 2.56. The van der Waals surface area contributed by atoms with Crippen molar-refractivity contribution in [1.29, 1.82) is 0 Å². The highest BCUT2D eigenvalue weighted by molar-refractivity contribution is 5.96. The van der Waals surface area contributed by atoms with E-state index in [1.54, 1.807) is 6.92 Å². The second-order valence-electron chi connectivity index (χ2n) is 3.78. The van der Waals surface area contributed by atoms with Gasteiger partial charge in [-0.15, -0.1) is 0 Å². The van der Waals surface area contributed by atoms with Crippen molar-refractivity contribution in [2.45, 2.75) is 20.8 Å². The number of carbonyl (C=O) groups excluding carboxylic acids is 1. The molecular weight excluding hydrogens is 204 g/mol. The predicted molar refractivity (Wildman–Crippen MR) is 61.6 cm³/mol. The molecule has 0 aliphatic rings. The molecule has 1 aromatic heterocycles. The Kier molecular flexibility index (Phi) is 2.69. The van der Waals surface area contributed by atoms with Crippen molar-refractivity contribution in [2.75, 3.05) is 6.61 Å². The van der Waals surface area contributed by atoms with Crippen LogP contribution in [-0.4, -0.2) is 12.6 Å². The number of esters is 1. The maximum atomic E-state index is 11.6. The van der Waals surface area contributed by atoms with E-state index in [9.17, 15) is 4.79 Å². The number of hydrogen-bond acceptors (Lipinski definition) is 3. The molecule has 0 radical (unpaired) electrons. The first kappa shape index (κ1) is 10.7. The molecule has 0 unspecified atom stereocenters. The number of furan rings is 1. The molecule has 0 fully saturated rings. The third-order valence-corrected chi connectivity index (χ3v) is 2.55. The molecule has 16 heavy (non-hydrogen) atoms. The fraction of sp³-hybridized carbons (Fsp3) is 0.308. The van der Waals surface area contributed by atoms with Crippen LogP contribution >= 0.6 is 0 Å². The van der Waals surface area contributed by atoms with Gasteiger partial charge in [-0.05, 0) is 32.9 Å². The topological polar surface area (TPSA) is 39.4 Å². The number of rotatable bonds is 2. The van der Waals surface area contributed by atoms with Gasteiger partial charge >= 0.3 is 5.97 Å². The minimum Gasteiger partial charge on any atom is -0.460 e. The number of benzene rings is 1. The molecule has 2 aromatic rings. The Morgan fingerprint density at radius 2 is 2.12 bits per heavy atom. The van der Waals surface area contributed by atoms with Gasteiger partial charge in [0, 0.05) is 10.9 Å². The van der Waals surface area contributed by atoms with E-state index in [2.05, 4.69) is 0 Å². The monoisotopic (exact) mass is 218 g/mol. The summed E-state index contributed by atoms with van der Waals surface area (Å²) in [5.41, 5.74) is 2.72. The summed E-state index contributed by atoms with van der Waals surface area (Å²) in [6, 6.07) is 5.84. The zero-order valence-electron chi connectivity index (χ0n) is 9.66. The van der Waals surface area contributed by atoms with Crippen LogP contribution in [0.1, 0.15) is 28.6 Å². The molecule has 0 N–H and O–H groups in total. The predicted octanol–water partition coefficient (Wildman–Crippen LogP) is 3.23. The molecule has 1 aromatic carbocycles. The fourth-order valence-corrected chi connectivity index (χ4v) is 1.73. The van der Waals surface area contributed by atoms with Crippen LogP contribution in [0.2, 0.25) is 0 Å². The number of carbonyl (C=O) groups is 1. The molecule has 1 heterocycles. The highest BCUT2D eigenvalue weighted by Crippen LogP contribution is 2.26. The van der Waals surface area contributed by atoms with Gasteiger partial charge in [0.2, 0.25) is 5.76 Å². The first-order valence-corrected chi connectivity index (χ1v) is 5.30. The summed E-state index contributed by atoms with van der Waals surface area (Å²) in [6.07, 6.45) is 0. The second kappa shape index (κ2) is 4.00. The van der Waals surface area contributed by atoms with Crippen LogP contribution < -0.4 is 0 Å². The van der Waals surface area contributed by atoms with Gasteiger partial charge in [0.15, 0.2) is 0 Å². The normalized spacial score (nSPS) is 10.7. The van der Waals surface area contributed by atoms with Crippen LogP contribution in [0.15, 0.2) is 22.6 Å². The molecule has 0 amide bonds. The lowest BCUT2D eigenvalue weighted by Gasteiger charge is -1.97. The summed E-state index contributed by atoms with van der Waals surface area (Å²) in [5, 5.41) is 0.975. The Labute approximate surface area is 94.0 Å². The van der Waals surface area contributed by atoms with E-state index in [0.29, 0.717) is 12.4 Å². The Bertz CT molecular complexity index is 537. The first-order valence-electron chi connectivity index (χ1n) is 5.30. The fourth-order valence-electron chi connectivity index (χ4n) is 1.73. The number of fused-ring (bicyclic) bond motifs is 1. The Morgan fingerprint density at radius 3 is 2.81 bits per heavy atom. The molecule has 3 nitrogen and oxygen atoms in total. The summed E-state index contributed by atoms with van der Waals surface area (Å²) in [5.74, 6) is -0.0868. The summed E-state index contributed by atoms with van der Waals surface area (Å²) in [6.45, 7) is 6.02. The molecule has 2 rings (SSSR count). The highest BCUT2D eigenvalue weighted by Gasteiger charge is 2.18. The van der Waals surface area contributed by atoms with E-state index in [1.807, 2.05) is 32.0 Å². The van der Waals surface area contributed by atoms with E-state index in [-0.39, 0.29) is 0 Å². The molecule has 0 saturated carbocycles. The molecule has 3 heteroatoms. The van der Waals surface area contributed by atoms with Crippen molar-refractivity contribution in [3.63, 3.8) is 0 Å². The van der Waals surface area contributed by atoms with Gasteiger partial charge in [-0.25, -0.2) is 4.79 Å². The van der Waals surface area contributed by atoms with Crippen molar-refractivity contribution in [3.8, 4) is 0 Å². The lowest BCUT2D eigenvalue weighted by Crippen LogP contribution is -2.04. The van der Waals surface area contributed by atoms with Crippen LogP contribution in [0, 0.1) is 13.8 Å². The molecule has 84 valence electrons. The average molecular weight is 218 g/mol. The average Bonchev–Trinajstić information content (AvgIpc) is 2.57. The van der Waals surface area contributed by atoms with Gasteiger partial charge in [-0.2, -0.15) is 0 Å². The summed E-state index contributed by atoms with van der Waals surface area (Å²) < 4.78 is 10.4. The van der Waals surface area contributed by atoms with Gasteiger partial charge in [0.25, 0.3) is 0 Å². The number of aryl methyl sites for hydroxylation is 2. The van der Waals surface area contributed by atoms with E-state index >= 15 is 0 Å². The quantitative estimate of drug-likeness (QED) is 0.726. The van der Waals surface area contributed by atoms with E-state index in [0.717, 1.165) is 22.1 Å². The van der Waals surface area contributed by atoms with Gasteiger partial charge in [0.1, 0.15) is 5.58 Å². The van der Waals surface area contributed by atoms with Crippen LogP contribution in [0.3, 0.4) is 0 Å². The van der Waals surface area contributed by atoms with Crippen LogP contribution in [0.5, 0.6) is 0 Å². The highest BCUT2D eigenvalue weighted by atomic mass is 16.5. The zero-order chi connectivity index (χ0) is 11.7. The first-order chi connectivity index (χ1) is 7.63. The van der Waals surface area contributed by atoms with Gasteiger partial charge in [-0.1, -0.05) is 11.6 Å². The third kappa shape index (κ3) is 1.69. The molecule has 0 bridgehead atoms. The van der Waals surface area contributed by atoms with E-state index < -0.39 is 5.97 Å². The minimum absolute atomic E-state index is 0.308. The second-order valence-corrected chi connectivity index (χ2v) is 3.78. The van der Waals surface area contributed by atoms with Crippen molar-refractivity contribution in [1.82, 2.24) is 0 Å². The van der Waals surface area contributed by atoms with E-state index in [4.69, 9.17) is 9.15 Å². The van der Waals surface area contributed by atoms with Gasteiger partial charge in [0.05, 0.1) is 6.61 Å². The van der Waals surface area contributed by atoms with Crippen LogP contribution in [-0.2, 0) is 4.74 Å². The maximum absolute atomic E-state index is 11.6. The smallest absolute Gasteiger partial charge is 0.374 e. The van der Waals surface area contributed by atoms with Crippen molar-refractivity contribution >= 4 is 16.9 Å². The lowest BCUT2D eigenvalue weighted by atomic mass is 10.1. The SMILES string of the molecule is CCOC(=O)c1oc2ccc(C)cc2c1C. The third-order valence-electron chi connectivity index (χ3n) is 2.55. The Morgan fingerprint density at radius 1 is 1.38 bits per heavy atom. The number of ether oxygens (including phenoxy) is 1. The molecule has 0 atom stereocenters. The molecule has 0 aliphatic heterocycles. The summed E-state index contributed by atoms with van der Waals surface area (Å²) >= 11 is 0. The molecular formula is C13H14O3. The largest absolute Gasteiger partial charge is 0.460 e. The maximum Gasteiger partial charge on any atom is 0.374 e. The summed E-state index contributed by atoms with van der Waals surface area (Å²) in [4.78, 5) is 11.6. The zero-order valence-corrected chi connectivity index (χ0v) is 9.66. The Hall–Kier alpha value is -1.77. The molecule has 0 aliphatic carbocycles. The van der Waals surface area contributed by atoms with Crippen LogP contribution in [0.25, 0.3) is 11.0 Å².